The van der Waals surface area contributed by atoms with Crippen molar-refractivity contribution in [1.82, 2.24) is 15.2 Å². The SMILES string of the molecule is O=C(O)[C@@H]1CN(C(=O)NCc2ccnc(C(F)(F)F)c2)C[C@H]1C(F)(F)F. The molecule has 1 fully saturated rings. The molecule has 0 radical (unpaired) electrons. The zero-order valence-corrected chi connectivity index (χ0v) is 12.9. The van der Waals surface area contributed by atoms with Crippen molar-refractivity contribution in [2.24, 2.45) is 11.8 Å². The van der Waals surface area contributed by atoms with Gasteiger partial charge in [-0.1, -0.05) is 0 Å². The number of carboxylic acids is 1. The number of halogens is 6. The molecule has 1 aliphatic rings. The van der Waals surface area contributed by atoms with Crippen molar-refractivity contribution in [3.05, 3.63) is 29.6 Å². The Balaban J connectivity index is 2.02. The highest BCUT2D eigenvalue weighted by Crippen LogP contribution is 2.37. The highest BCUT2D eigenvalue weighted by Gasteiger charge is 2.53. The monoisotopic (exact) mass is 385 g/mol. The number of carboxylic acid groups (broad SMARTS) is 1. The minimum atomic E-state index is -4.79. The first-order valence-corrected chi connectivity index (χ1v) is 7.24. The molecular weight excluding hydrogens is 372 g/mol. The van der Waals surface area contributed by atoms with Gasteiger partial charge in [-0.05, 0) is 17.7 Å². The summed E-state index contributed by atoms with van der Waals surface area (Å²) < 4.78 is 76.3. The molecule has 2 heterocycles. The quantitative estimate of drug-likeness (QED) is 0.784. The van der Waals surface area contributed by atoms with E-state index in [1.807, 2.05) is 0 Å². The summed E-state index contributed by atoms with van der Waals surface area (Å²) in [5.74, 6) is -5.67. The molecule has 0 aromatic carbocycles. The van der Waals surface area contributed by atoms with Crippen LogP contribution in [-0.2, 0) is 17.5 Å². The van der Waals surface area contributed by atoms with Crippen LogP contribution >= 0.6 is 0 Å². The maximum Gasteiger partial charge on any atom is 0.433 e. The Morgan fingerprint density at radius 3 is 2.38 bits per heavy atom. The third kappa shape index (κ3) is 4.55. The summed E-state index contributed by atoms with van der Waals surface area (Å²) in [4.78, 5) is 26.8. The molecule has 2 rings (SSSR count). The standard InChI is InChI=1S/C14H13F6N3O3/c15-13(16,17)9-6-23(5-8(9)11(24)25)12(26)22-4-7-1-2-21-10(3-7)14(18,19)20/h1-3,8-9H,4-6H2,(H,22,26)(H,24,25)/t8-,9-/m1/s1. The lowest BCUT2D eigenvalue weighted by molar-refractivity contribution is -0.187. The molecule has 2 atom stereocenters. The van der Waals surface area contributed by atoms with Crippen LogP contribution in [0.25, 0.3) is 0 Å². The Hall–Kier alpha value is -2.53. The lowest BCUT2D eigenvalue weighted by Gasteiger charge is -2.19. The van der Waals surface area contributed by atoms with Gasteiger partial charge in [0, 0.05) is 25.8 Å². The van der Waals surface area contributed by atoms with E-state index in [1.54, 1.807) is 0 Å². The molecule has 2 amide bonds. The second-order valence-electron chi connectivity index (χ2n) is 5.70. The van der Waals surface area contributed by atoms with E-state index in [0.717, 1.165) is 6.20 Å². The number of likely N-dealkylation sites (tertiary alicyclic amines) is 1. The van der Waals surface area contributed by atoms with Gasteiger partial charge in [0.2, 0.25) is 0 Å². The van der Waals surface area contributed by atoms with E-state index in [9.17, 15) is 35.9 Å². The first kappa shape index (κ1) is 19.8. The summed E-state index contributed by atoms with van der Waals surface area (Å²) in [6.45, 7) is -1.86. The number of carbonyl (C=O) groups excluding carboxylic acids is 1. The molecule has 2 N–H and O–H groups in total. The molecule has 6 nitrogen and oxygen atoms in total. The molecule has 12 heteroatoms. The fraction of sp³-hybridized carbons (Fsp3) is 0.500. The molecule has 1 aliphatic heterocycles. The van der Waals surface area contributed by atoms with Crippen LogP contribution in [-0.4, -0.2) is 46.3 Å². The molecule has 0 spiro atoms. The number of nitrogens with zero attached hydrogens (tertiary/aromatic N) is 2. The maximum absolute atomic E-state index is 12.9. The normalized spacial score (nSPS) is 20.9. The predicted molar refractivity (Wildman–Crippen MR) is 73.7 cm³/mol. The molecular formula is C14H13F6N3O3. The van der Waals surface area contributed by atoms with E-state index in [1.165, 1.54) is 6.07 Å². The Labute approximate surface area is 142 Å². The number of carbonyl (C=O) groups is 2. The van der Waals surface area contributed by atoms with Gasteiger partial charge < -0.3 is 15.3 Å². The Kier molecular flexibility index (Phi) is 5.33. The number of aromatic nitrogens is 1. The van der Waals surface area contributed by atoms with Crippen LogP contribution < -0.4 is 5.32 Å². The van der Waals surface area contributed by atoms with Gasteiger partial charge in [0.1, 0.15) is 5.69 Å². The molecule has 0 aliphatic carbocycles. The Morgan fingerprint density at radius 1 is 1.23 bits per heavy atom. The smallest absolute Gasteiger partial charge is 0.433 e. The highest BCUT2D eigenvalue weighted by atomic mass is 19.4. The van der Waals surface area contributed by atoms with Gasteiger partial charge in [0.15, 0.2) is 0 Å². The first-order valence-electron chi connectivity index (χ1n) is 7.24. The first-order chi connectivity index (χ1) is 11.9. The van der Waals surface area contributed by atoms with E-state index in [4.69, 9.17) is 5.11 Å². The minimum absolute atomic E-state index is 0.0435. The Bertz CT molecular complexity index is 691. The number of alkyl halides is 6. The van der Waals surface area contributed by atoms with Crippen molar-refractivity contribution in [1.29, 1.82) is 0 Å². The van der Waals surface area contributed by atoms with Crippen molar-refractivity contribution in [2.45, 2.75) is 18.9 Å². The number of rotatable bonds is 3. The predicted octanol–water partition coefficient (Wildman–Crippen LogP) is 2.50. The van der Waals surface area contributed by atoms with Crippen LogP contribution in [0.4, 0.5) is 31.1 Å². The second-order valence-corrected chi connectivity index (χ2v) is 5.70. The summed E-state index contributed by atoms with van der Waals surface area (Å²) in [7, 11) is 0. The van der Waals surface area contributed by atoms with Crippen LogP contribution in [0.5, 0.6) is 0 Å². The molecule has 0 unspecified atom stereocenters. The second kappa shape index (κ2) is 7.00. The molecule has 1 saturated heterocycles. The number of aliphatic carboxylic acids is 1. The van der Waals surface area contributed by atoms with Crippen LogP contribution in [0.2, 0.25) is 0 Å². The number of nitrogens with one attached hydrogen (secondary N) is 1. The Morgan fingerprint density at radius 2 is 1.88 bits per heavy atom. The molecule has 1 aromatic heterocycles. The lowest BCUT2D eigenvalue weighted by atomic mass is 9.96. The molecule has 26 heavy (non-hydrogen) atoms. The third-order valence-corrected chi connectivity index (χ3v) is 3.90. The van der Waals surface area contributed by atoms with Crippen molar-refractivity contribution in [2.75, 3.05) is 13.1 Å². The molecule has 0 bridgehead atoms. The molecule has 0 saturated carbocycles. The average Bonchev–Trinajstić information content (AvgIpc) is 2.98. The van der Waals surface area contributed by atoms with E-state index >= 15 is 0 Å². The van der Waals surface area contributed by atoms with Crippen molar-refractivity contribution >= 4 is 12.0 Å². The van der Waals surface area contributed by atoms with Gasteiger partial charge >= 0.3 is 24.4 Å². The van der Waals surface area contributed by atoms with Gasteiger partial charge in [-0.2, -0.15) is 26.3 Å². The summed E-state index contributed by atoms with van der Waals surface area (Å²) in [5, 5.41) is 11.1. The van der Waals surface area contributed by atoms with Gasteiger partial charge in [-0.15, -0.1) is 0 Å². The molecule has 144 valence electrons. The average molecular weight is 385 g/mol. The zero-order valence-electron chi connectivity index (χ0n) is 12.9. The van der Waals surface area contributed by atoms with Crippen molar-refractivity contribution in [3.63, 3.8) is 0 Å². The van der Waals surface area contributed by atoms with Crippen LogP contribution in [0.3, 0.4) is 0 Å². The topological polar surface area (TPSA) is 82.5 Å². The minimum Gasteiger partial charge on any atom is -0.481 e. The molecule has 1 aromatic rings. The zero-order chi connectivity index (χ0) is 19.7. The largest absolute Gasteiger partial charge is 0.481 e. The van der Waals surface area contributed by atoms with E-state index in [0.29, 0.717) is 11.0 Å². The van der Waals surface area contributed by atoms with Crippen molar-refractivity contribution in [3.8, 4) is 0 Å². The van der Waals surface area contributed by atoms with Gasteiger partial charge in [-0.25, -0.2) is 4.79 Å². The van der Waals surface area contributed by atoms with Crippen molar-refractivity contribution < 1.29 is 41.0 Å². The number of hydrogen-bond acceptors (Lipinski definition) is 3. The van der Waals surface area contributed by atoms with E-state index in [2.05, 4.69) is 10.3 Å². The number of pyridine rings is 1. The van der Waals surface area contributed by atoms with Gasteiger partial charge in [-0.3, -0.25) is 9.78 Å². The van der Waals surface area contributed by atoms with Crippen LogP contribution in [0.1, 0.15) is 11.3 Å². The van der Waals surface area contributed by atoms with Gasteiger partial charge in [0.05, 0.1) is 11.8 Å². The summed E-state index contributed by atoms with van der Waals surface area (Å²) in [5.41, 5.74) is -1.13. The summed E-state index contributed by atoms with van der Waals surface area (Å²) in [6, 6.07) is 0.911. The fourth-order valence-electron chi connectivity index (χ4n) is 2.58. The maximum atomic E-state index is 12.9. The number of urea groups is 1. The number of hydrogen-bond donors (Lipinski definition) is 2. The van der Waals surface area contributed by atoms with E-state index < -0.39 is 55.0 Å². The third-order valence-electron chi connectivity index (χ3n) is 3.90. The van der Waals surface area contributed by atoms with Crippen LogP contribution in [0, 0.1) is 11.8 Å². The fourth-order valence-corrected chi connectivity index (χ4v) is 2.58. The summed E-state index contributed by atoms with van der Waals surface area (Å²) in [6.07, 6.45) is -8.57. The van der Waals surface area contributed by atoms with Gasteiger partial charge in [0.25, 0.3) is 0 Å². The number of amides is 2. The lowest BCUT2D eigenvalue weighted by Crippen LogP contribution is -2.39. The highest BCUT2D eigenvalue weighted by molar-refractivity contribution is 5.77. The van der Waals surface area contributed by atoms with Crippen LogP contribution in [0.15, 0.2) is 18.3 Å². The summed E-state index contributed by atoms with van der Waals surface area (Å²) >= 11 is 0. The van der Waals surface area contributed by atoms with E-state index in [-0.39, 0.29) is 12.1 Å².